The highest BCUT2D eigenvalue weighted by atomic mass is 16.6. The van der Waals surface area contributed by atoms with E-state index in [2.05, 4.69) is 22.2 Å². The first kappa shape index (κ1) is 13.9. The number of imidazole rings is 1. The molecule has 1 unspecified atom stereocenters. The Morgan fingerprint density at radius 1 is 1.53 bits per heavy atom. The molecular formula is C14H23N3O2. The Balaban J connectivity index is 1.90. The molecule has 1 amide bonds. The number of H-pyrrole nitrogens is 1. The molecule has 2 N–H and O–H groups in total. The van der Waals surface area contributed by atoms with E-state index in [1.54, 1.807) is 0 Å². The summed E-state index contributed by atoms with van der Waals surface area (Å²) in [5.74, 6) is 1.38. The lowest BCUT2D eigenvalue weighted by molar-refractivity contribution is 0.0522. The molecule has 0 bridgehead atoms. The number of fused-ring (bicyclic) bond motifs is 1. The number of nitrogens with one attached hydrogen (secondary N) is 2. The van der Waals surface area contributed by atoms with Crippen molar-refractivity contribution in [2.45, 2.75) is 65.0 Å². The van der Waals surface area contributed by atoms with Crippen LogP contribution in [0, 0.1) is 0 Å². The number of rotatable bonds is 3. The zero-order valence-corrected chi connectivity index (χ0v) is 12.2. The van der Waals surface area contributed by atoms with Crippen molar-refractivity contribution in [2.24, 2.45) is 0 Å². The molecule has 19 heavy (non-hydrogen) atoms. The monoisotopic (exact) mass is 265 g/mol. The number of carbonyl (C=O) groups excluding carboxylic acids is 1. The molecule has 5 heteroatoms. The van der Waals surface area contributed by atoms with E-state index in [9.17, 15) is 4.79 Å². The van der Waals surface area contributed by atoms with Crippen molar-refractivity contribution in [1.29, 1.82) is 0 Å². The first-order valence-electron chi connectivity index (χ1n) is 6.93. The van der Waals surface area contributed by atoms with E-state index in [1.165, 1.54) is 17.8 Å². The molecular weight excluding hydrogens is 242 g/mol. The van der Waals surface area contributed by atoms with E-state index in [1.807, 2.05) is 20.8 Å². The number of aryl methyl sites for hydroxylation is 1. The van der Waals surface area contributed by atoms with Crippen molar-refractivity contribution in [3.05, 3.63) is 17.2 Å². The van der Waals surface area contributed by atoms with E-state index in [-0.39, 0.29) is 0 Å². The van der Waals surface area contributed by atoms with Crippen LogP contribution in [0.5, 0.6) is 0 Å². The second kappa shape index (κ2) is 5.23. The number of aromatic nitrogens is 2. The lowest BCUT2D eigenvalue weighted by Crippen LogP contribution is -2.32. The maximum absolute atomic E-state index is 11.6. The van der Waals surface area contributed by atoms with Crippen LogP contribution in [0.25, 0.3) is 0 Å². The minimum absolute atomic E-state index is 0.387. The molecule has 0 spiro atoms. The third-order valence-corrected chi connectivity index (χ3v) is 3.28. The van der Waals surface area contributed by atoms with Crippen molar-refractivity contribution in [3.8, 4) is 0 Å². The number of alkyl carbamates (subject to hydrolysis) is 1. The molecule has 0 radical (unpaired) electrons. The van der Waals surface area contributed by atoms with Crippen molar-refractivity contribution < 1.29 is 9.53 Å². The minimum atomic E-state index is -0.470. The lowest BCUT2D eigenvalue weighted by atomic mass is 10.1. The maximum Gasteiger partial charge on any atom is 0.408 e. The summed E-state index contributed by atoms with van der Waals surface area (Å²) in [7, 11) is 0. The predicted octanol–water partition coefficient (Wildman–Crippen LogP) is 2.87. The normalized spacial score (nSPS) is 18.2. The molecule has 0 saturated heterocycles. The van der Waals surface area contributed by atoms with Crippen molar-refractivity contribution in [3.63, 3.8) is 0 Å². The predicted molar refractivity (Wildman–Crippen MR) is 73.0 cm³/mol. The fraction of sp³-hybridized carbons (Fsp3) is 0.714. The largest absolute Gasteiger partial charge is 0.444 e. The van der Waals surface area contributed by atoms with Crippen LogP contribution >= 0.6 is 0 Å². The molecule has 1 aromatic heterocycles. The number of carbonyl (C=O) groups is 1. The van der Waals surface area contributed by atoms with Crippen LogP contribution < -0.4 is 5.32 Å². The van der Waals surface area contributed by atoms with Gasteiger partial charge in [-0.3, -0.25) is 0 Å². The Morgan fingerprint density at radius 3 is 2.89 bits per heavy atom. The Kier molecular flexibility index (Phi) is 3.83. The van der Waals surface area contributed by atoms with Crippen LogP contribution in [0.3, 0.4) is 0 Å². The standard InChI is InChI=1S/C14H23N3O2/c1-5-9-6-7-10-12(9)17-11(16-10)8-15-13(18)19-14(2,3)4/h9H,5-8H2,1-4H3,(H,15,18)(H,16,17). The maximum atomic E-state index is 11.6. The average Bonchev–Trinajstić information content (AvgIpc) is 2.82. The number of hydrogen-bond donors (Lipinski definition) is 2. The van der Waals surface area contributed by atoms with Gasteiger partial charge in [0.2, 0.25) is 0 Å². The van der Waals surface area contributed by atoms with Crippen molar-refractivity contribution in [1.82, 2.24) is 15.3 Å². The molecule has 0 aromatic carbocycles. The summed E-state index contributed by atoms with van der Waals surface area (Å²) in [5.41, 5.74) is 1.94. The van der Waals surface area contributed by atoms with Gasteiger partial charge in [-0.1, -0.05) is 6.92 Å². The van der Waals surface area contributed by atoms with E-state index >= 15 is 0 Å². The van der Waals surface area contributed by atoms with E-state index in [0.717, 1.165) is 18.7 Å². The molecule has 0 saturated carbocycles. The molecule has 106 valence electrons. The van der Waals surface area contributed by atoms with Gasteiger partial charge in [0, 0.05) is 11.6 Å². The molecule has 1 aliphatic rings. The molecule has 0 fully saturated rings. The average molecular weight is 265 g/mol. The fourth-order valence-electron chi connectivity index (χ4n) is 2.41. The Hall–Kier alpha value is -1.52. The van der Waals surface area contributed by atoms with Gasteiger partial charge in [-0.25, -0.2) is 9.78 Å². The van der Waals surface area contributed by atoms with Gasteiger partial charge in [0.15, 0.2) is 0 Å². The van der Waals surface area contributed by atoms with Gasteiger partial charge in [-0.2, -0.15) is 0 Å². The Morgan fingerprint density at radius 2 is 2.26 bits per heavy atom. The number of nitrogens with zero attached hydrogens (tertiary/aromatic N) is 1. The van der Waals surface area contributed by atoms with Gasteiger partial charge in [0.05, 0.1) is 12.2 Å². The molecule has 1 heterocycles. The summed E-state index contributed by atoms with van der Waals surface area (Å²) in [6.45, 7) is 8.12. The smallest absolute Gasteiger partial charge is 0.408 e. The molecule has 1 aromatic rings. The van der Waals surface area contributed by atoms with Gasteiger partial charge >= 0.3 is 6.09 Å². The second-order valence-electron chi connectivity index (χ2n) is 6.05. The summed E-state index contributed by atoms with van der Waals surface area (Å²) in [6.07, 6.45) is 2.96. The fourth-order valence-corrected chi connectivity index (χ4v) is 2.41. The highest BCUT2D eigenvalue weighted by Crippen LogP contribution is 2.33. The van der Waals surface area contributed by atoms with Crippen LogP contribution in [0.2, 0.25) is 0 Å². The quantitative estimate of drug-likeness (QED) is 0.883. The van der Waals surface area contributed by atoms with Crippen LogP contribution in [0.4, 0.5) is 4.79 Å². The molecule has 5 nitrogen and oxygen atoms in total. The molecule has 1 aliphatic carbocycles. The van der Waals surface area contributed by atoms with Crippen molar-refractivity contribution in [2.75, 3.05) is 0 Å². The summed E-state index contributed by atoms with van der Waals surface area (Å²) in [6, 6.07) is 0. The number of amides is 1. The summed E-state index contributed by atoms with van der Waals surface area (Å²) >= 11 is 0. The van der Waals surface area contributed by atoms with Gasteiger partial charge in [-0.15, -0.1) is 0 Å². The minimum Gasteiger partial charge on any atom is -0.444 e. The lowest BCUT2D eigenvalue weighted by Gasteiger charge is -2.19. The Labute approximate surface area is 114 Å². The zero-order chi connectivity index (χ0) is 14.0. The van der Waals surface area contributed by atoms with E-state index in [4.69, 9.17) is 4.74 Å². The molecule has 1 atom stereocenters. The zero-order valence-electron chi connectivity index (χ0n) is 12.2. The van der Waals surface area contributed by atoms with E-state index < -0.39 is 11.7 Å². The number of ether oxygens (including phenoxy) is 1. The first-order chi connectivity index (χ1) is 8.89. The summed E-state index contributed by atoms with van der Waals surface area (Å²) in [5, 5.41) is 2.72. The summed E-state index contributed by atoms with van der Waals surface area (Å²) < 4.78 is 5.19. The van der Waals surface area contributed by atoms with Crippen LogP contribution in [-0.4, -0.2) is 21.7 Å². The number of hydrogen-bond acceptors (Lipinski definition) is 3. The highest BCUT2D eigenvalue weighted by Gasteiger charge is 2.25. The van der Waals surface area contributed by atoms with Gasteiger partial charge in [0.1, 0.15) is 11.4 Å². The van der Waals surface area contributed by atoms with Gasteiger partial charge in [0.25, 0.3) is 0 Å². The van der Waals surface area contributed by atoms with Crippen molar-refractivity contribution >= 4 is 6.09 Å². The van der Waals surface area contributed by atoms with E-state index in [0.29, 0.717) is 12.5 Å². The van der Waals surface area contributed by atoms with Crippen LogP contribution in [-0.2, 0) is 17.7 Å². The third kappa shape index (κ3) is 3.49. The SMILES string of the molecule is CCC1CCc2[nH]c(CNC(=O)OC(C)(C)C)nc21. The molecule has 2 rings (SSSR count). The first-order valence-corrected chi connectivity index (χ1v) is 6.93. The van der Waals surface area contributed by atoms with Crippen LogP contribution in [0.1, 0.15) is 63.7 Å². The number of aromatic amines is 1. The van der Waals surface area contributed by atoms with Gasteiger partial charge in [-0.05, 0) is 40.0 Å². The summed E-state index contributed by atoms with van der Waals surface area (Å²) in [4.78, 5) is 19.4. The third-order valence-electron chi connectivity index (χ3n) is 3.28. The highest BCUT2D eigenvalue weighted by molar-refractivity contribution is 5.67. The van der Waals surface area contributed by atoms with Gasteiger partial charge < -0.3 is 15.0 Å². The topological polar surface area (TPSA) is 67.0 Å². The van der Waals surface area contributed by atoms with Crippen LogP contribution in [0.15, 0.2) is 0 Å². The second-order valence-corrected chi connectivity index (χ2v) is 6.05. The molecule has 0 aliphatic heterocycles. The Bertz CT molecular complexity index is 460.